The zero-order chi connectivity index (χ0) is 33.8. The largest absolute Gasteiger partial charge is 0.310 e. The molecule has 7 aromatic rings. The van der Waals surface area contributed by atoms with E-state index in [1.165, 1.54) is 81.7 Å². The molecule has 0 N–H and O–H groups in total. The Morgan fingerprint density at radius 2 is 1.22 bits per heavy atom. The third kappa shape index (κ3) is 4.18. The Hall–Kier alpha value is -5.18. The van der Waals surface area contributed by atoms with Crippen LogP contribution < -0.4 is 4.90 Å². The molecule has 50 heavy (non-hydrogen) atoms. The van der Waals surface area contributed by atoms with E-state index >= 15 is 0 Å². The SMILES string of the molecule is CC1(C)c2cc(-c3cccc4c3sc3ccccc34)ccc2-c2ccc(N(c3ccccc3)c3ccc4c(c3)C(C)(C)C3C=CC=CC43)cc21. The quantitative estimate of drug-likeness (QED) is 0.181. The van der Waals surface area contributed by atoms with Gasteiger partial charge in [0.1, 0.15) is 0 Å². The van der Waals surface area contributed by atoms with Crippen LogP contribution in [0.2, 0.25) is 0 Å². The average molecular weight is 662 g/mol. The van der Waals surface area contributed by atoms with Gasteiger partial charge in [-0.2, -0.15) is 0 Å². The van der Waals surface area contributed by atoms with Crippen molar-refractivity contribution in [2.75, 3.05) is 4.90 Å². The lowest BCUT2D eigenvalue weighted by Gasteiger charge is -2.31. The van der Waals surface area contributed by atoms with Gasteiger partial charge in [-0.05, 0) is 104 Å². The molecule has 1 aromatic heterocycles. The van der Waals surface area contributed by atoms with Gasteiger partial charge in [-0.25, -0.2) is 0 Å². The number of para-hydroxylation sites is 1. The highest BCUT2D eigenvalue weighted by atomic mass is 32.1. The van der Waals surface area contributed by atoms with Gasteiger partial charge in [-0.15, -0.1) is 11.3 Å². The van der Waals surface area contributed by atoms with E-state index in [1.54, 1.807) is 0 Å². The third-order valence-electron chi connectivity index (χ3n) is 12.0. The third-order valence-corrected chi connectivity index (χ3v) is 13.2. The van der Waals surface area contributed by atoms with Crippen molar-refractivity contribution in [3.8, 4) is 22.3 Å². The number of fused-ring (bicyclic) bond motifs is 9. The standard InChI is InChI=1S/C48H39NS/c1-47(2)41-19-10-8-15-35(41)37-25-22-32(28-43(37)47)49(31-13-6-5-7-14-31)33-23-26-38-36-24-21-30(27-42(36)48(3,4)44(38)29-33)34-17-12-18-40-39-16-9-11-20-45(39)50-46(34)40/h5-29,35,41H,1-4H3. The lowest BCUT2D eigenvalue weighted by molar-refractivity contribution is 0.394. The zero-order valence-electron chi connectivity index (χ0n) is 28.9. The molecule has 0 bridgehead atoms. The van der Waals surface area contributed by atoms with Crippen molar-refractivity contribution in [3.63, 3.8) is 0 Å². The minimum absolute atomic E-state index is 0.0546. The monoisotopic (exact) mass is 661 g/mol. The van der Waals surface area contributed by atoms with Crippen molar-refractivity contribution in [1.82, 2.24) is 0 Å². The molecule has 0 saturated heterocycles. The smallest absolute Gasteiger partial charge is 0.0465 e. The number of nitrogens with zero attached hydrogens (tertiary/aromatic N) is 1. The predicted molar refractivity (Wildman–Crippen MR) is 215 cm³/mol. The summed E-state index contributed by atoms with van der Waals surface area (Å²) in [5.74, 6) is 0.928. The number of hydrogen-bond donors (Lipinski definition) is 0. The van der Waals surface area contributed by atoms with Crippen LogP contribution in [0.3, 0.4) is 0 Å². The van der Waals surface area contributed by atoms with Crippen molar-refractivity contribution in [1.29, 1.82) is 0 Å². The first-order valence-electron chi connectivity index (χ1n) is 17.9. The second-order valence-electron chi connectivity index (χ2n) is 15.4. The van der Waals surface area contributed by atoms with E-state index in [1.807, 2.05) is 11.3 Å². The van der Waals surface area contributed by atoms with E-state index in [9.17, 15) is 0 Å². The number of hydrogen-bond acceptors (Lipinski definition) is 2. The van der Waals surface area contributed by atoms with Gasteiger partial charge < -0.3 is 4.90 Å². The lowest BCUT2D eigenvalue weighted by Crippen LogP contribution is -2.24. The summed E-state index contributed by atoms with van der Waals surface area (Å²) in [5.41, 5.74) is 14.5. The average Bonchev–Trinajstić information content (AvgIpc) is 3.72. The fourth-order valence-corrected chi connectivity index (χ4v) is 10.6. The molecule has 3 aliphatic carbocycles. The second kappa shape index (κ2) is 10.7. The Labute approximate surface area is 298 Å². The molecule has 0 radical (unpaired) electrons. The molecule has 2 heteroatoms. The van der Waals surface area contributed by atoms with Crippen LogP contribution in [0.4, 0.5) is 17.1 Å². The molecular formula is C48H39NS. The van der Waals surface area contributed by atoms with Gasteiger partial charge in [0.15, 0.2) is 0 Å². The van der Waals surface area contributed by atoms with Crippen LogP contribution in [-0.4, -0.2) is 0 Å². The first-order chi connectivity index (χ1) is 24.3. The molecule has 0 aliphatic heterocycles. The number of thiophene rings is 1. The molecule has 1 nitrogen and oxygen atoms in total. The van der Waals surface area contributed by atoms with Crippen LogP contribution >= 0.6 is 11.3 Å². The van der Waals surface area contributed by atoms with E-state index in [0.717, 1.165) is 0 Å². The number of rotatable bonds is 4. The summed E-state index contributed by atoms with van der Waals surface area (Å²) in [6.45, 7) is 9.64. The first-order valence-corrected chi connectivity index (χ1v) is 18.7. The summed E-state index contributed by atoms with van der Waals surface area (Å²) in [4.78, 5) is 2.46. The summed E-state index contributed by atoms with van der Waals surface area (Å²) in [6.07, 6.45) is 9.24. The topological polar surface area (TPSA) is 3.24 Å². The van der Waals surface area contributed by atoms with E-state index < -0.39 is 0 Å². The summed E-state index contributed by atoms with van der Waals surface area (Å²) in [6, 6.07) is 48.0. The van der Waals surface area contributed by atoms with Gasteiger partial charge in [0.2, 0.25) is 0 Å². The van der Waals surface area contributed by atoms with Crippen molar-refractivity contribution in [3.05, 3.63) is 174 Å². The van der Waals surface area contributed by atoms with E-state index in [2.05, 4.69) is 184 Å². The van der Waals surface area contributed by atoms with Gasteiger partial charge in [0, 0.05) is 48.6 Å². The van der Waals surface area contributed by atoms with Gasteiger partial charge in [-0.1, -0.05) is 131 Å². The van der Waals surface area contributed by atoms with Crippen molar-refractivity contribution >= 4 is 48.6 Å². The highest BCUT2D eigenvalue weighted by Crippen LogP contribution is 2.55. The molecule has 10 rings (SSSR count). The number of benzene rings is 6. The lowest BCUT2D eigenvalue weighted by atomic mass is 9.74. The maximum absolute atomic E-state index is 2.47. The Balaban J connectivity index is 1.08. The Morgan fingerprint density at radius 3 is 2.06 bits per heavy atom. The Kier molecular flexibility index (Phi) is 6.33. The molecule has 2 unspecified atom stereocenters. The molecule has 242 valence electrons. The fourth-order valence-electron chi connectivity index (χ4n) is 9.34. The van der Waals surface area contributed by atoms with Crippen LogP contribution in [0.15, 0.2) is 152 Å². The molecule has 1 heterocycles. The van der Waals surface area contributed by atoms with Gasteiger partial charge in [0.25, 0.3) is 0 Å². The van der Waals surface area contributed by atoms with Gasteiger partial charge >= 0.3 is 0 Å². The van der Waals surface area contributed by atoms with E-state index in [-0.39, 0.29) is 10.8 Å². The minimum atomic E-state index is -0.151. The molecule has 0 fully saturated rings. The summed E-state index contributed by atoms with van der Waals surface area (Å²) >= 11 is 1.91. The first kappa shape index (κ1) is 29.7. The number of allylic oxidation sites excluding steroid dienone is 4. The molecule has 3 aliphatic rings. The second-order valence-corrected chi connectivity index (χ2v) is 16.4. The van der Waals surface area contributed by atoms with Crippen molar-refractivity contribution < 1.29 is 0 Å². The van der Waals surface area contributed by atoms with Crippen molar-refractivity contribution in [2.45, 2.75) is 44.4 Å². The molecule has 6 aromatic carbocycles. The summed E-state index contributed by atoms with van der Waals surface area (Å²) < 4.78 is 2.71. The van der Waals surface area contributed by atoms with Crippen LogP contribution in [0, 0.1) is 5.92 Å². The van der Waals surface area contributed by atoms with Crippen LogP contribution in [-0.2, 0) is 10.8 Å². The molecule has 2 atom stereocenters. The maximum atomic E-state index is 2.47. The fraction of sp³-hybridized carbons (Fsp3) is 0.167. The van der Waals surface area contributed by atoms with Crippen LogP contribution in [0.5, 0.6) is 0 Å². The van der Waals surface area contributed by atoms with E-state index in [0.29, 0.717) is 11.8 Å². The Morgan fingerprint density at radius 1 is 0.540 bits per heavy atom. The highest BCUT2D eigenvalue weighted by Gasteiger charge is 2.45. The number of anilines is 3. The molecule has 0 amide bonds. The zero-order valence-corrected chi connectivity index (χ0v) is 29.8. The summed E-state index contributed by atoms with van der Waals surface area (Å²) in [5, 5.41) is 2.69. The van der Waals surface area contributed by atoms with Gasteiger partial charge in [-0.3, -0.25) is 0 Å². The van der Waals surface area contributed by atoms with Crippen LogP contribution in [0.25, 0.3) is 42.4 Å². The van der Waals surface area contributed by atoms with Gasteiger partial charge in [0.05, 0.1) is 0 Å². The highest BCUT2D eigenvalue weighted by molar-refractivity contribution is 7.26. The maximum Gasteiger partial charge on any atom is 0.0465 e. The predicted octanol–water partition coefficient (Wildman–Crippen LogP) is 13.6. The summed E-state index contributed by atoms with van der Waals surface area (Å²) in [7, 11) is 0. The molecule has 0 spiro atoms. The van der Waals surface area contributed by atoms with Crippen LogP contribution in [0.1, 0.15) is 55.9 Å². The molecular weight excluding hydrogens is 623 g/mol. The Bertz CT molecular complexity index is 2560. The molecule has 0 saturated carbocycles. The minimum Gasteiger partial charge on any atom is -0.310 e. The van der Waals surface area contributed by atoms with Crippen molar-refractivity contribution in [2.24, 2.45) is 5.92 Å². The van der Waals surface area contributed by atoms with E-state index in [4.69, 9.17) is 0 Å². The normalized spacial score (nSPS) is 19.0.